The number of hydrogen-bond acceptors (Lipinski definition) is 2. The number of ketones is 1. The lowest BCUT2D eigenvalue weighted by molar-refractivity contribution is 0.0814. The molecule has 1 aromatic carbocycles. The Morgan fingerprint density at radius 1 is 1.12 bits per heavy atom. The first-order valence-corrected chi connectivity index (χ1v) is 9.69. The smallest absolute Gasteiger partial charge is 0.167 e. The van der Waals surface area contributed by atoms with Crippen molar-refractivity contribution in [3.8, 4) is 0 Å². The van der Waals surface area contributed by atoms with E-state index in [0.717, 1.165) is 37.3 Å². The topological polar surface area (TPSA) is 20.3 Å². The molecule has 4 rings (SSSR count). The molecule has 2 fully saturated rings. The maximum atomic E-state index is 13.1. The van der Waals surface area contributed by atoms with Crippen LogP contribution in [0.2, 0.25) is 0 Å². The molecule has 1 aromatic rings. The zero-order valence-electron chi connectivity index (χ0n) is 14.9. The number of piperidine rings is 1. The Balaban J connectivity index is 1.48. The first-order valence-electron chi connectivity index (χ1n) is 9.69. The molecule has 2 nitrogen and oxygen atoms in total. The third-order valence-corrected chi connectivity index (χ3v) is 5.60. The van der Waals surface area contributed by atoms with E-state index < -0.39 is 0 Å². The average Bonchev–Trinajstić information content (AvgIpc) is 3.48. The first-order chi connectivity index (χ1) is 12.3. The van der Waals surface area contributed by atoms with Crippen LogP contribution >= 0.6 is 0 Å². The molecule has 1 unspecified atom stereocenters. The van der Waals surface area contributed by atoms with E-state index in [2.05, 4.69) is 47.4 Å². The largest absolute Gasteiger partial charge is 0.302 e. The number of Topliss-reactive ketones (excluding diaryl/α,β-unsaturated/α-hetero) is 1. The van der Waals surface area contributed by atoms with E-state index in [1.54, 1.807) is 0 Å². The van der Waals surface area contributed by atoms with E-state index in [4.69, 9.17) is 0 Å². The van der Waals surface area contributed by atoms with Gasteiger partial charge in [-0.25, -0.2) is 0 Å². The molecule has 3 aliphatic rings. The van der Waals surface area contributed by atoms with Crippen molar-refractivity contribution in [2.45, 2.75) is 32.1 Å². The van der Waals surface area contributed by atoms with Crippen molar-refractivity contribution in [2.24, 2.45) is 11.8 Å². The second-order valence-electron chi connectivity index (χ2n) is 7.70. The van der Waals surface area contributed by atoms with Gasteiger partial charge in [-0.05, 0) is 61.8 Å². The van der Waals surface area contributed by atoms with Gasteiger partial charge >= 0.3 is 0 Å². The van der Waals surface area contributed by atoms with Gasteiger partial charge in [0.15, 0.2) is 5.78 Å². The van der Waals surface area contributed by atoms with Crippen LogP contribution < -0.4 is 0 Å². The summed E-state index contributed by atoms with van der Waals surface area (Å²) >= 11 is 0. The summed E-state index contributed by atoms with van der Waals surface area (Å²) in [7, 11) is 0. The number of hydrogen-bond donors (Lipinski definition) is 0. The molecule has 0 spiro atoms. The Morgan fingerprint density at radius 2 is 2.04 bits per heavy atom. The van der Waals surface area contributed by atoms with Gasteiger partial charge in [-0.2, -0.15) is 0 Å². The van der Waals surface area contributed by atoms with Gasteiger partial charge in [0, 0.05) is 24.6 Å². The van der Waals surface area contributed by atoms with Gasteiger partial charge < -0.3 is 4.90 Å². The lowest BCUT2D eigenvalue weighted by atomic mass is 9.88. The Labute approximate surface area is 150 Å². The van der Waals surface area contributed by atoms with Crippen LogP contribution in [0, 0.1) is 11.8 Å². The van der Waals surface area contributed by atoms with Gasteiger partial charge in [0.25, 0.3) is 0 Å². The predicted octanol–water partition coefficient (Wildman–Crippen LogP) is 4.89. The summed E-state index contributed by atoms with van der Waals surface area (Å²) in [6.45, 7) is 3.33. The molecular formula is C23H27NO. The molecule has 0 amide bonds. The van der Waals surface area contributed by atoms with Crippen molar-refractivity contribution in [1.29, 1.82) is 0 Å². The summed E-state index contributed by atoms with van der Waals surface area (Å²) in [5, 5.41) is 0. The molecule has 25 heavy (non-hydrogen) atoms. The van der Waals surface area contributed by atoms with Crippen LogP contribution in [0.1, 0.15) is 48.0 Å². The van der Waals surface area contributed by atoms with Crippen molar-refractivity contribution < 1.29 is 4.79 Å². The lowest BCUT2D eigenvalue weighted by Crippen LogP contribution is -2.39. The monoisotopic (exact) mass is 333 g/mol. The molecule has 2 aliphatic carbocycles. The third kappa shape index (κ3) is 4.19. The number of nitrogens with zero attached hydrogens (tertiary/aromatic N) is 1. The number of likely N-dealkylation sites (tertiary alicyclic amines) is 1. The van der Waals surface area contributed by atoms with Crippen molar-refractivity contribution in [3.05, 3.63) is 65.8 Å². The van der Waals surface area contributed by atoms with Crippen molar-refractivity contribution in [1.82, 2.24) is 4.90 Å². The van der Waals surface area contributed by atoms with Gasteiger partial charge in [0.2, 0.25) is 0 Å². The normalized spacial score (nSPS) is 24.0. The van der Waals surface area contributed by atoms with Gasteiger partial charge in [-0.3, -0.25) is 4.79 Å². The predicted molar refractivity (Wildman–Crippen MR) is 104 cm³/mol. The standard InChI is InChI=1S/C23H27NO/c25-23(22-11-6-14-24(17-22)16-18-12-13-18)21-10-5-9-20(15-21)19-7-3-1-2-4-8-19/h1-5,7,9-10,15,18,22H,6,8,11-14,16-17H2. The van der Waals surface area contributed by atoms with E-state index in [1.165, 1.54) is 37.1 Å². The Hall–Kier alpha value is -1.93. The quantitative estimate of drug-likeness (QED) is 0.715. The fourth-order valence-electron chi connectivity index (χ4n) is 4.00. The summed E-state index contributed by atoms with van der Waals surface area (Å²) in [5.41, 5.74) is 3.33. The van der Waals surface area contributed by atoms with Crippen LogP contribution in [-0.2, 0) is 0 Å². The van der Waals surface area contributed by atoms with E-state index in [0.29, 0.717) is 5.78 Å². The van der Waals surface area contributed by atoms with E-state index in [9.17, 15) is 4.79 Å². The maximum absolute atomic E-state index is 13.1. The number of carbonyl (C=O) groups is 1. The fourth-order valence-corrected chi connectivity index (χ4v) is 4.00. The minimum Gasteiger partial charge on any atom is -0.302 e. The molecule has 0 N–H and O–H groups in total. The van der Waals surface area contributed by atoms with Gasteiger partial charge in [0.1, 0.15) is 0 Å². The zero-order valence-corrected chi connectivity index (χ0v) is 14.9. The number of carbonyl (C=O) groups excluding carboxylic acids is 1. The molecule has 1 saturated heterocycles. The molecule has 0 radical (unpaired) electrons. The highest BCUT2D eigenvalue weighted by molar-refractivity contribution is 5.98. The van der Waals surface area contributed by atoms with Crippen LogP contribution in [0.3, 0.4) is 0 Å². The van der Waals surface area contributed by atoms with E-state index in [1.807, 2.05) is 12.1 Å². The minimum atomic E-state index is 0.172. The Morgan fingerprint density at radius 3 is 2.92 bits per heavy atom. The fraction of sp³-hybridized carbons (Fsp3) is 0.435. The summed E-state index contributed by atoms with van der Waals surface area (Å²) in [6.07, 6.45) is 16.4. The third-order valence-electron chi connectivity index (χ3n) is 5.60. The molecule has 1 atom stereocenters. The zero-order chi connectivity index (χ0) is 17.1. The summed E-state index contributed by atoms with van der Waals surface area (Å²) < 4.78 is 0. The summed E-state index contributed by atoms with van der Waals surface area (Å²) in [4.78, 5) is 15.6. The molecule has 2 heteroatoms. The lowest BCUT2D eigenvalue weighted by Gasteiger charge is -2.32. The van der Waals surface area contributed by atoms with Crippen LogP contribution in [0.4, 0.5) is 0 Å². The highest BCUT2D eigenvalue weighted by Crippen LogP contribution is 2.32. The second-order valence-corrected chi connectivity index (χ2v) is 7.70. The van der Waals surface area contributed by atoms with Crippen LogP contribution in [-0.4, -0.2) is 30.3 Å². The Bertz CT molecular complexity index is 723. The maximum Gasteiger partial charge on any atom is 0.167 e. The van der Waals surface area contributed by atoms with Gasteiger partial charge in [-0.1, -0.05) is 48.6 Å². The minimum absolute atomic E-state index is 0.172. The SMILES string of the molecule is O=C(c1cccc(C2=CC=CC=CC2)c1)C1CCCN(CC2CC2)C1. The number of rotatable bonds is 5. The Kier molecular flexibility index (Phi) is 4.98. The van der Waals surface area contributed by atoms with Crippen molar-refractivity contribution >= 4 is 11.4 Å². The molecule has 0 aromatic heterocycles. The molecular weight excluding hydrogens is 306 g/mol. The molecule has 1 heterocycles. The highest BCUT2D eigenvalue weighted by atomic mass is 16.1. The summed E-state index contributed by atoms with van der Waals surface area (Å²) in [6, 6.07) is 8.25. The van der Waals surface area contributed by atoms with Crippen LogP contribution in [0.5, 0.6) is 0 Å². The van der Waals surface area contributed by atoms with Crippen LogP contribution in [0.15, 0.2) is 54.6 Å². The number of benzene rings is 1. The van der Waals surface area contributed by atoms with Crippen molar-refractivity contribution in [2.75, 3.05) is 19.6 Å². The highest BCUT2D eigenvalue weighted by Gasteiger charge is 2.30. The second kappa shape index (κ2) is 7.53. The first kappa shape index (κ1) is 16.5. The molecule has 1 saturated carbocycles. The van der Waals surface area contributed by atoms with Crippen LogP contribution in [0.25, 0.3) is 5.57 Å². The molecule has 130 valence electrons. The number of allylic oxidation sites excluding steroid dienone is 6. The van der Waals surface area contributed by atoms with Gasteiger partial charge in [0.05, 0.1) is 0 Å². The van der Waals surface area contributed by atoms with E-state index in [-0.39, 0.29) is 5.92 Å². The molecule has 1 aliphatic heterocycles. The average molecular weight is 333 g/mol. The van der Waals surface area contributed by atoms with Gasteiger partial charge in [-0.15, -0.1) is 0 Å². The summed E-state index contributed by atoms with van der Waals surface area (Å²) in [5.74, 6) is 1.41. The molecule has 0 bridgehead atoms. The van der Waals surface area contributed by atoms with E-state index >= 15 is 0 Å². The van der Waals surface area contributed by atoms with Crippen molar-refractivity contribution in [3.63, 3.8) is 0 Å².